The van der Waals surface area contributed by atoms with E-state index in [9.17, 15) is 0 Å². The Kier molecular flexibility index (Phi) is 2.90. The Labute approximate surface area is 81.5 Å². The van der Waals surface area contributed by atoms with Crippen molar-refractivity contribution >= 4 is 11.8 Å². The summed E-state index contributed by atoms with van der Waals surface area (Å²) in [6.45, 7) is -0.0487. The molecule has 0 saturated carbocycles. The molecule has 1 aliphatic rings. The number of nitrogens with zero attached hydrogens (tertiary/aromatic N) is 1. The molecule has 3 nitrogen and oxygen atoms in total. The van der Waals surface area contributed by atoms with Crippen LogP contribution in [0, 0.1) is 0 Å². The Morgan fingerprint density at radius 2 is 2.62 bits per heavy atom. The highest BCUT2D eigenvalue weighted by Crippen LogP contribution is 2.30. The van der Waals surface area contributed by atoms with Gasteiger partial charge in [0.15, 0.2) is 5.89 Å². The van der Waals surface area contributed by atoms with Gasteiger partial charge in [-0.3, -0.25) is 0 Å². The van der Waals surface area contributed by atoms with Crippen LogP contribution in [0.15, 0.2) is 10.6 Å². The van der Waals surface area contributed by atoms with E-state index in [2.05, 4.69) is 4.98 Å². The van der Waals surface area contributed by atoms with E-state index in [1.807, 2.05) is 11.8 Å². The van der Waals surface area contributed by atoms with E-state index in [4.69, 9.17) is 9.52 Å². The zero-order valence-electron chi connectivity index (χ0n) is 7.40. The summed E-state index contributed by atoms with van der Waals surface area (Å²) in [4.78, 5) is 4.17. The van der Waals surface area contributed by atoms with Gasteiger partial charge in [-0.15, -0.1) is 0 Å². The van der Waals surface area contributed by atoms with Crippen LogP contribution in [-0.2, 0) is 6.61 Å². The third kappa shape index (κ3) is 2.06. The number of oxazole rings is 1. The maximum Gasteiger partial charge on any atom is 0.198 e. The van der Waals surface area contributed by atoms with Crippen LogP contribution in [0.4, 0.5) is 0 Å². The van der Waals surface area contributed by atoms with Crippen molar-refractivity contribution in [2.24, 2.45) is 0 Å². The summed E-state index contributed by atoms with van der Waals surface area (Å²) < 4.78 is 5.40. The predicted octanol–water partition coefficient (Wildman–Crippen LogP) is 1.78. The SMILES string of the molecule is OCc1cnc(C2CCCSC2)o1. The Morgan fingerprint density at radius 3 is 3.23 bits per heavy atom. The van der Waals surface area contributed by atoms with Crippen LogP contribution in [-0.4, -0.2) is 21.6 Å². The summed E-state index contributed by atoms with van der Waals surface area (Å²) in [5, 5.41) is 8.81. The van der Waals surface area contributed by atoms with Crippen molar-refractivity contribution in [1.29, 1.82) is 0 Å². The van der Waals surface area contributed by atoms with Crippen LogP contribution in [0.5, 0.6) is 0 Å². The van der Waals surface area contributed by atoms with Crippen LogP contribution >= 0.6 is 11.8 Å². The monoisotopic (exact) mass is 199 g/mol. The number of aliphatic hydroxyl groups is 1. The molecule has 72 valence electrons. The summed E-state index contributed by atoms with van der Waals surface area (Å²) in [6, 6.07) is 0. The van der Waals surface area contributed by atoms with Gasteiger partial charge in [0.2, 0.25) is 0 Å². The molecule has 0 aromatic carbocycles. The highest BCUT2D eigenvalue weighted by atomic mass is 32.2. The Hall–Kier alpha value is -0.480. The van der Waals surface area contributed by atoms with Crippen molar-refractivity contribution in [2.75, 3.05) is 11.5 Å². The number of aromatic nitrogens is 1. The van der Waals surface area contributed by atoms with Crippen molar-refractivity contribution in [2.45, 2.75) is 25.4 Å². The Bertz CT molecular complexity index is 268. The molecule has 1 fully saturated rings. The molecule has 2 heterocycles. The van der Waals surface area contributed by atoms with Gasteiger partial charge in [0.25, 0.3) is 0 Å². The smallest absolute Gasteiger partial charge is 0.198 e. The van der Waals surface area contributed by atoms with Crippen LogP contribution in [0.3, 0.4) is 0 Å². The highest BCUT2D eigenvalue weighted by molar-refractivity contribution is 7.99. The number of rotatable bonds is 2. The molecule has 0 aliphatic carbocycles. The topological polar surface area (TPSA) is 46.3 Å². The van der Waals surface area contributed by atoms with E-state index in [0.717, 1.165) is 11.6 Å². The van der Waals surface area contributed by atoms with Crippen molar-refractivity contribution in [1.82, 2.24) is 4.98 Å². The van der Waals surface area contributed by atoms with Crippen LogP contribution in [0.2, 0.25) is 0 Å². The van der Waals surface area contributed by atoms with Gasteiger partial charge in [0.1, 0.15) is 12.4 Å². The second-order valence-electron chi connectivity index (χ2n) is 3.24. The second kappa shape index (κ2) is 4.15. The average molecular weight is 199 g/mol. The molecule has 0 bridgehead atoms. The molecule has 13 heavy (non-hydrogen) atoms. The van der Waals surface area contributed by atoms with Gasteiger partial charge in [-0.05, 0) is 18.6 Å². The highest BCUT2D eigenvalue weighted by Gasteiger charge is 2.20. The zero-order chi connectivity index (χ0) is 9.10. The molecule has 1 unspecified atom stereocenters. The summed E-state index contributed by atoms with van der Waals surface area (Å²) in [5.74, 6) is 4.19. The summed E-state index contributed by atoms with van der Waals surface area (Å²) in [5.41, 5.74) is 0. The van der Waals surface area contributed by atoms with Crippen molar-refractivity contribution in [3.63, 3.8) is 0 Å². The molecule has 1 saturated heterocycles. The van der Waals surface area contributed by atoms with Crippen LogP contribution < -0.4 is 0 Å². The van der Waals surface area contributed by atoms with Gasteiger partial charge in [-0.2, -0.15) is 11.8 Å². The first-order valence-electron chi connectivity index (χ1n) is 4.53. The van der Waals surface area contributed by atoms with Gasteiger partial charge in [0.05, 0.1) is 6.20 Å². The third-order valence-electron chi connectivity index (χ3n) is 2.24. The Balaban J connectivity index is 2.05. The van der Waals surface area contributed by atoms with Gasteiger partial charge in [0, 0.05) is 11.7 Å². The molecule has 0 spiro atoms. The van der Waals surface area contributed by atoms with E-state index >= 15 is 0 Å². The first-order valence-corrected chi connectivity index (χ1v) is 5.69. The lowest BCUT2D eigenvalue weighted by Gasteiger charge is -2.17. The van der Waals surface area contributed by atoms with Gasteiger partial charge < -0.3 is 9.52 Å². The van der Waals surface area contributed by atoms with E-state index in [1.165, 1.54) is 18.6 Å². The fraction of sp³-hybridized carbons (Fsp3) is 0.667. The lowest BCUT2D eigenvalue weighted by molar-refractivity contribution is 0.241. The van der Waals surface area contributed by atoms with Crippen molar-refractivity contribution in [3.8, 4) is 0 Å². The van der Waals surface area contributed by atoms with Gasteiger partial charge in [-0.1, -0.05) is 0 Å². The molecule has 4 heteroatoms. The second-order valence-corrected chi connectivity index (χ2v) is 4.39. The standard InChI is InChI=1S/C9H13NO2S/c11-5-8-4-10-9(12-8)7-2-1-3-13-6-7/h4,7,11H,1-3,5-6H2. The number of hydrogen-bond acceptors (Lipinski definition) is 4. The summed E-state index contributed by atoms with van der Waals surface area (Å²) >= 11 is 1.95. The van der Waals surface area contributed by atoms with Gasteiger partial charge >= 0.3 is 0 Å². The Morgan fingerprint density at radius 1 is 1.69 bits per heavy atom. The molecule has 1 atom stereocenters. The first-order chi connectivity index (χ1) is 6.40. The largest absolute Gasteiger partial charge is 0.443 e. The molecule has 1 aliphatic heterocycles. The van der Waals surface area contributed by atoms with E-state index in [1.54, 1.807) is 6.20 Å². The predicted molar refractivity (Wildman–Crippen MR) is 51.7 cm³/mol. The minimum Gasteiger partial charge on any atom is -0.443 e. The molecule has 0 amide bonds. The zero-order valence-corrected chi connectivity index (χ0v) is 8.22. The quantitative estimate of drug-likeness (QED) is 0.788. The molecule has 1 aromatic heterocycles. The maximum absolute atomic E-state index is 8.81. The summed E-state index contributed by atoms with van der Waals surface area (Å²) in [7, 11) is 0. The van der Waals surface area contributed by atoms with E-state index in [-0.39, 0.29) is 6.61 Å². The molecular weight excluding hydrogens is 186 g/mol. The molecule has 1 aromatic rings. The van der Waals surface area contributed by atoms with Crippen molar-refractivity contribution < 1.29 is 9.52 Å². The van der Waals surface area contributed by atoms with Crippen molar-refractivity contribution in [3.05, 3.63) is 17.8 Å². The van der Waals surface area contributed by atoms with E-state index in [0.29, 0.717) is 11.7 Å². The minimum absolute atomic E-state index is 0.0487. The number of hydrogen-bond donors (Lipinski definition) is 1. The normalized spacial score (nSPS) is 23.3. The molecule has 0 radical (unpaired) electrons. The minimum atomic E-state index is -0.0487. The lowest BCUT2D eigenvalue weighted by Crippen LogP contribution is -2.08. The third-order valence-corrected chi connectivity index (χ3v) is 3.45. The summed E-state index contributed by atoms with van der Waals surface area (Å²) in [6.07, 6.45) is 4.03. The van der Waals surface area contributed by atoms with Gasteiger partial charge in [-0.25, -0.2) is 4.98 Å². The number of aliphatic hydroxyl groups excluding tert-OH is 1. The molecular formula is C9H13NO2S. The number of thioether (sulfide) groups is 1. The maximum atomic E-state index is 8.81. The lowest BCUT2D eigenvalue weighted by atomic mass is 10.1. The fourth-order valence-electron chi connectivity index (χ4n) is 1.52. The fourth-order valence-corrected chi connectivity index (χ4v) is 2.65. The average Bonchev–Trinajstić information content (AvgIpc) is 2.67. The molecule has 2 rings (SSSR count). The van der Waals surface area contributed by atoms with E-state index < -0.39 is 0 Å². The molecule has 1 N–H and O–H groups in total. The van der Waals surface area contributed by atoms with Crippen LogP contribution in [0.25, 0.3) is 0 Å². The van der Waals surface area contributed by atoms with Crippen LogP contribution in [0.1, 0.15) is 30.4 Å². The first kappa shape index (κ1) is 9.09.